The molecule has 0 amide bonds. The second-order valence-corrected chi connectivity index (χ2v) is 5.31. The Kier molecular flexibility index (Phi) is 5.41. The summed E-state index contributed by atoms with van der Waals surface area (Å²) in [6, 6.07) is 7.59. The van der Waals surface area contributed by atoms with E-state index in [0.717, 1.165) is 37.2 Å². The van der Waals surface area contributed by atoms with E-state index in [4.69, 9.17) is 9.47 Å². The summed E-state index contributed by atoms with van der Waals surface area (Å²) in [4.78, 5) is 11.4. The van der Waals surface area contributed by atoms with Gasteiger partial charge in [0.2, 0.25) is 0 Å². The van der Waals surface area contributed by atoms with Crippen molar-refractivity contribution in [2.45, 2.75) is 38.2 Å². The molecule has 1 saturated heterocycles. The van der Waals surface area contributed by atoms with Gasteiger partial charge in [0.25, 0.3) is 0 Å². The lowest BCUT2D eigenvalue weighted by Gasteiger charge is -2.25. The zero-order valence-corrected chi connectivity index (χ0v) is 11.9. The highest BCUT2D eigenvalue weighted by Gasteiger charge is 2.24. The molecule has 20 heavy (non-hydrogen) atoms. The minimum atomic E-state index is -0.741. The molecule has 0 saturated carbocycles. The van der Waals surface area contributed by atoms with Crippen molar-refractivity contribution < 1.29 is 19.4 Å². The van der Waals surface area contributed by atoms with Gasteiger partial charge in [0.15, 0.2) is 0 Å². The molecule has 0 spiro atoms. The van der Waals surface area contributed by atoms with Crippen molar-refractivity contribution in [3.63, 3.8) is 0 Å². The second kappa shape index (κ2) is 7.29. The van der Waals surface area contributed by atoms with Crippen molar-refractivity contribution in [3.8, 4) is 5.75 Å². The molecule has 0 radical (unpaired) electrons. The van der Waals surface area contributed by atoms with Crippen molar-refractivity contribution in [1.29, 1.82) is 0 Å². The molecule has 1 aromatic carbocycles. The summed E-state index contributed by atoms with van der Waals surface area (Å²) in [6.07, 6.45) is 4.45. The molecular formula is C16H22O4. The summed E-state index contributed by atoms with van der Waals surface area (Å²) in [5.74, 6) is -0.335. The molecule has 1 aliphatic rings. The van der Waals surface area contributed by atoms with E-state index in [1.54, 1.807) is 7.11 Å². The molecule has 2 unspecified atom stereocenters. The van der Waals surface area contributed by atoms with Gasteiger partial charge >= 0.3 is 5.97 Å². The van der Waals surface area contributed by atoms with Gasteiger partial charge in [-0.15, -0.1) is 0 Å². The van der Waals surface area contributed by atoms with E-state index in [2.05, 4.69) is 0 Å². The standard InChI is InChI=1S/C16H22O4/c1-19-14-7-5-12(6-8-14)10-13(16(17)18)11-15-4-2-3-9-20-15/h5-8,13,15H,2-4,9-11H2,1H3,(H,17,18). The Bertz CT molecular complexity index is 421. The van der Waals surface area contributed by atoms with Gasteiger partial charge in [-0.3, -0.25) is 4.79 Å². The lowest BCUT2D eigenvalue weighted by molar-refractivity contribution is -0.143. The van der Waals surface area contributed by atoms with Crippen LogP contribution < -0.4 is 4.74 Å². The van der Waals surface area contributed by atoms with Gasteiger partial charge in [-0.2, -0.15) is 0 Å². The molecule has 1 aromatic rings. The fourth-order valence-corrected chi connectivity index (χ4v) is 2.63. The topological polar surface area (TPSA) is 55.8 Å². The SMILES string of the molecule is COc1ccc(CC(CC2CCCCO2)C(=O)O)cc1. The van der Waals surface area contributed by atoms with Crippen LogP contribution in [0.1, 0.15) is 31.2 Å². The molecular weight excluding hydrogens is 256 g/mol. The van der Waals surface area contributed by atoms with Crippen molar-refractivity contribution >= 4 is 5.97 Å². The minimum absolute atomic E-state index is 0.100. The molecule has 1 heterocycles. The number of carboxylic acid groups (broad SMARTS) is 1. The highest BCUT2D eigenvalue weighted by molar-refractivity contribution is 5.70. The Hall–Kier alpha value is -1.55. The van der Waals surface area contributed by atoms with Crippen molar-refractivity contribution in [1.82, 2.24) is 0 Å². The maximum atomic E-state index is 11.4. The van der Waals surface area contributed by atoms with Gasteiger partial charge in [-0.25, -0.2) is 0 Å². The third kappa shape index (κ3) is 4.23. The first-order chi connectivity index (χ1) is 9.69. The number of hydrogen-bond acceptors (Lipinski definition) is 3. The molecule has 1 N–H and O–H groups in total. The van der Waals surface area contributed by atoms with Crippen LogP contribution in [0.2, 0.25) is 0 Å². The fourth-order valence-electron chi connectivity index (χ4n) is 2.63. The molecule has 4 nitrogen and oxygen atoms in total. The lowest BCUT2D eigenvalue weighted by Crippen LogP contribution is -2.27. The summed E-state index contributed by atoms with van der Waals surface area (Å²) in [7, 11) is 1.62. The van der Waals surface area contributed by atoms with Crippen LogP contribution in [0.25, 0.3) is 0 Å². The van der Waals surface area contributed by atoms with Crippen LogP contribution in [0.5, 0.6) is 5.75 Å². The minimum Gasteiger partial charge on any atom is -0.497 e. The third-order valence-corrected chi connectivity index (χ3v) is 3.81. The summed E-state index contributed by atoms with van der Waals surface area (Å²) in [5.41, 5.74) is 1.02. The summed E-state index contributed by atoms with van der Waals surface area (Å²) in [5, 5.41) is 9.39. The largest absolute Gasteiger partial charge is 0.497 e. The fraction of sp³-hybridized carbons (Fsp3) is 0.562. The first-order valence-electron chi connectivity index (χ1n) is 7.16. The third-order valence-electron chi connectivity index (χ3n) is 3.81. The van der Waals surface area contributed by atoms with E-state index in [0.29, 0.717) is 12.8 Å². The predicted octanol–water partition coefficient (Wildman–Crippen LogP) is 2.90. The lowest BCUT2D eigenvalue weighted by atomic mass is 9.91. The molecule has 4 heteroatoms. The van der Waals surface area contributed by atoms with Crippen molar-refractivity contribution in [2.75, 3.05) is 13.7 Å². The molecule has 1 aliphatic heterocycles. The number of aliphatic carboxylic acids is 1. The number of methoxy groups -OCH3 is 1. The van der Waals surface area contributed by atoms with E-state index < -0.39 is 5.97 Å². The highest BCUT2D eigenvalue weighted by atomic mass is 16.5. The van der Waals surface area contributed by atoms with Crippen LogP contribution in [-0.4, -0.2) is 30.9 Å². The van der Waals surface area contributed by atoms with E-state index in [1.165, 1.54) is 0 Å². The monoisotopic (exact) mass is 278 g/mol. The van der Waals surface area contributed by atoms with Crippen LogP contribution in [-0.2, 0) is 16.0 Å². The second-order valence-electron chi connectivity index (χ2n) is 5.31. The first kappa shape index (κ1) is 14.9. The molecule has 110 valence electrons. The number of carboxylic acids is 1. The molecule has 0 aliphatic carbocycles. The van der Waals surface area contributed by atoms with Crippen LogP contribution >= 0.6 is 0 Å². The Morgan fingerprint density at radius 2 is 2.15 bits per heavy atom. The predicted molar refractivity (Wildman–Crippen MR) is 76.0 cm³/mol. The smallest absolute Gasteiger partial charge is 0.306 e. The molecule has 1 fully saturated rings. The van der Waals surface area contributed by atoms with Crippen LogP contribution in [0, 0.1) is 5.92 Å². The highest BCUT2D eigenvalue weighted by Crippen LogP contribution is 2.23. The van der Waals surface area contributed by atoms with Gasteiger partial charge in [-0.05, 0) is 49.8 Å². The zero-order chi connectivity index (χ0) is 14.4. The molecule has 2 atom stereocenters. The van der Waals surface area contributed by atoms with Gasteiger partial charge in [0.05, 0.1) is 19.1 Å². The van der Waals surface area contributed by atoms with E-state index in [9.17, 15) is 9.90 Å². The zero-order valence-electron chi connectivity index (χ0n) is 11.9. The number of benzene rings is 1. The summed E-state index contributed by atoms with van der Waals surface area (Å²) in [6.45, 7) is 0.763. The Balaban J connectivity index is 1.95. The molecule has 0 bridgehead atoms. The normalized spacial score (nSPS) is 20.4. The van der Waals surface area contributed by atoms with Crippen LogP contribution in [0.15, 0.2) is 24.3 Å². The number of ether oxygens (including phenoxy) is 2. The quantitative estimate of drug-likeness (QED) is 0.869. The Morgan fingerprint density at radius 3 is 2.70 bits per heavy atom. The van der Waals surface area contributed by atoms with Gasteiger partial charge in [-0.1, -0.05) is 12.1 Å². The Morgan fingerprint density at radius 1 is 1.40 bits per heavy atom. The summed E-state index contributed by atoms with van der Waals surface area (Å²) < 4.78 is 10.8. The average molecular weight is 278 g/mol. The Labute approximate surface area is 119 Å². The number of hydrogen-bond donors (Lipinski definition) is 1. The molecule has 2 rings (SSSR count). The van der Waals surface area contributed by atoms with E-state index in [1.807, 2.05) is 24.3 Å². The first-order valence-corrected chi connectivity index (χ1v) is 7.16. The van der Waals surface area contributed by atoms with E-state index >= 15 is 0 Å². The number of carbonyl (C=O) groups is 1. The van der Waals surface area contributed by atoms with Crippen molar-refractivity contribution in [3.05, 3.63) is 29.8 Å². The van der Waals surface area contributed by atoms with Gasteiger partial charge in [0.1, 0.15) is 5.75 Å². The van der Waals surface area contributed by atoms with Crippen LogP contribution in [0.3, 0.4) is 0 Å². The van der Waals surface area contributed by atoms with E-state index in [-0.39, 0.29) is 12.0 Å². The average Bonchev–Trinajstić information content (AvgIpc) is 2.48. The van der Waals surface area contributed by atoms with Gasteiger partial charge < -0.3 is 14.6 Å². The van der Waals surface area contributed by atoms with Gasteiger partial charge in [0, 0.05) is 6.61 Å². The number of rotatable bonds is 6. The van der Waals surface area contributed by atoms with Crippen LogP contribution in [0.4, 0.5) is 0 Å². The summed E-state index contributed by atoms with van der Waals surface area (Å²) >= 11 is 0. The molecule has 0 aromatic heterocycles. The maximum Gasteiger partial charge on any atom is 0.306 e. The van der Waals surface area contributed by atoms with Crippen molar-refractivity contribution in [2.24, 2.45) is 5.92 Å². The maximum absolute atomic E-state index is 11.4.